The van der Waals surface area contributed by atoms with E-state index in [2.05, 4.69) is 4.72 Å². The second-order valence-electron chi connectivity index (χ2n) is 5.62. The smallest absolute Gasteiger partial charge is 0.216 e. The van der Waals surface area contributed by atoms with Gasteiger partial charge in [0.2, 0.25) is 10.0 Å². The third kappa shape index (κ3) is 5.73. The molecule has 2 rings (SSSR count). The van der Waals surface area contributed by atoms with Gasteiger partial charge in [-0.05, 0) is 50.3 Å². The molecule has 2 atom stereocenters. The molecule has 0 radical (unpaired) electrons. The summed E-state index contributed by atoms with van der Waals surface area (Å²) in [5, 5.41) is 0. The van der Waals surface area contributed by atoms with Crippen LogP contribution in [0.4, 0.5) is 4.39 Å². The average Bonchev–Trinajstić information content (AvgIpc) is 2.88. The highest BCUT2D eigenvalue weighted by atomic mass is 32.2. The predicted molar refractivity (Wildman–Crippen MR) is 79.8 cm³/mol. The summed E-state index contributed by atoms with van der Waals surface area (Å²) >= 11 is 0. The molecule has 1 aliphatic heterocycles. The molecule has 0 aromatic heterocycles. The van der Waals surface area contributed by atoms with Gasteiger partial charge in [0, 0.05) is 12.6 Å². The van der Waals surface area contributed by atoms with Crippen LogP contribution in [-0.2, 0) is 20.5 Å². The Balaban J connectivity index is 1.82. The number of nitrogens with one attached hydrogen (secondary N) is 1. The van der Waals surface area contributed by atoms with E-state index in [1.807, 2.05) is 6.92 Å². The van der Waals surface area contributed by atoms with Crippen LogP contribution in [0.1, 0.15) is 38.2 Å². The van der Waals surface area contributed by atoms with Crippen molar-refractivity contribution in [3.63, 3.8) is 0 Å². The van der Waals surface area contributed by atoms with Gasteiger partial charge in [0.15, 0.2) is 0 Å². The molecule has 0 amide bonds. The third-order valence-electron chi connectivity index (χ3n) is 3.57. The van der Waals surface area contributed by atoms with Crippen molar-refractivity contribution >= 4 is 10.0 Å². The molecule has 1 saturated heterocycles. The highest BCUT2D eigenvalue weighted by Gasteiger charge is 2.19. The zero-order valence-corrected chi connectivity index (χ0v) is 13.0. The maximum absolute atomic E-state index is 13.1. The third-order valence-corrected chi connectivity index (χ3v) is 5.05. The summed E-state index contributed by atoms with van der Waals surface area (Å²) in [4.78, 5) is 0. The van der Waals surface area contributed by atoms with Gasteiger partial charge in [-0.3, -0.25) is 0 Å². The fourth-order valence-corrected chi connectivity index (χ4v) is 3.99. The van der Waals surface area contributed by atoms with Crippen molar-refractivity contribution in [2.24, 2.45) is 0 Å². The maximum Gasteiger partial charge on any atom is 0.216 e. The zero-order valence-electron chi connectivity index (χ0n) is 12.2. The Bertz CT molecular complexity index is 556. The minimum Gasteiger partial charge on any atom is -0.378 e. The van der Waals surface area contributed by atoms with Gasteiger partial charge in [-0.1, -0.05) is 12.1 Å². The van der Waals surface area contributed by atoms with Crippen LogP contribution in [0.15, 0.2) is 24.3 Å². The van der Waals surface area contributed by atoms with Gasteiger partial charge in [0.05, 0.1) is 11.9 Å². The molecule has 118 valence electrons. The number of halogens is 1. The second-order valence-corrected chi connectivity index (χ2v) is 7.37. The largest absolute Gasteiger partial charge is 0.378 e. The second kappa shape index (κ2) is 7.33. The Morgan fingerprint density at radius 3 is 2.95 bits per heavy atom. The summed E-state index contributed by atoms with van der Waals surface area (Å²) in [5.41, 5.74) is 0.453. The lowest BCUT2D eigenvalue weighted by Gasteiger charge is -2.16. The van der Waals surface area contributed by atoms with E-state index < -0.39 is 15.8 Å². The molecule has 4 nitrogen and oxygen atoms in total. The Labute approximate surface area is 125 Å². The molecule has 21 heavy (non-hydrogen) atoms. The molecule has 0 bridgehead atoms. The molecule has 6 heteroatoms. The summed E-state index contributed by atoms with van der Waals surface area (Å²) < 4.78 is 45.3. The van der Waals surface area contributed by atoms with Crippen LogP contribution < -0.4 is 4.72 Å². The van der Waals surface area contributed by atoms with E-state index in [-0.39, 0.29) is 17.9 Å². The van der Waals surface area contributed by atoms with Gasteiger partial charge in [0.1, 0.15) is 5.82 Å². The predicted octanol–water partition coefficient (Wildman–Crippen LogP) is 2.59. The topological polar surface area (TPSA) is 55.4 Å². The van der Waals surface area contributed by atoms with Crippen molar-refractivity contribution < 1.29 is 17.5 Å². The first-order chi connectivity index (χ1) is 9.94. The van der Waals surface area contributed by atoms with Gasteiger partial charge in [-0.2, -0.15) is 0 Å². The molecule has 1 aromatic carbocycles. The molecular weight excluding hydrogens is 293 g/mol. The Kier molecular flexibility index (Phi) is 5.72. The molecule has 1 heterocycles. The fraction of sp³-hybridized carbons (Fsp3) is 0.600. The van der Waals surface area contributed by atoms with E-state index in [4.69, 9.17) is 4.74 Å². The number of rotatable bonds is 7. The number of sulfonamides is 1. The highest BCUT2D eigenvalue weighted by molar-refractivity contribution is 7.88. The number of benzene rings is 1. The van der Waals surface area contributed by atoms with Gasteiger partial charge >= 0.3 is 0 Å². The lowest BCUT2D eigenvalue weighted by molar-refractivity contribution is 0.101. The van der Waals surface area contributed by atoms with Crippen LogP contribution in [0.3, 0.4) is 0 Å². The number of hydrogen-bond donors (Lipinski definition) is 1. The first kappa shape index (κ1) is 16.4. The van der Waals surface area contributed by atoms with Gasteiger partial charge < -0.3 is 4.74 Å². The molecule has 1 aromatic rings. The summed E-state index contributed by atoms with van der Waals surface area (Å²) in [5.74, 6) is -0.621. The SMILES string of the molecule is CC(CCC1CCCO1)NS(=O)(=O)Cc1cccc(F)c1. The van der Waals surface area contributed by atoms with Crippen molar-refractivity contribution in [3.8, 4) is 0 Å². The lowest BCUT2D eigenvalue weighted by atomic mass is 10.1. The molecule has 1 N–H and O–H groups in total. The monoisotopic (exact) mass is 315 g/mol. The van der Waals surface area contributed by atoms with Crippen molar-refractivity contribution in [2.45, 2.75) is 50.5 Å². The van der Waals surface area contributed by atoms with E-state index in [1.165, 1.54) is 18.2 Å². The standard InChI is InChI=1S/C15H22FNO3S/c1-12(7-8-15-6-3-9-20-15)17-21(18,19)11-13-4-2-5-14(16)10-13/h2,4-5,10,12,15,17H,3,6-9,11H2,1H3. The van der Waals surface area contributed by atoms with Crippen LogP contribution in [0, 0.1) is 5.82 Å². The van der Waals surface area contributed by atoms with Crippen LogP contribution in [0.25, 0.3) is 0 Å². The van der Waals surface area contributed by atoms with E-state index in [0.29, 0.717) is 5.56 Å². The van der Waals surface area contributed by atoms with Crippen molar-refractivity contribution in [1.82, 2.24) is 4.72 Å². The van der Waals surface area contributed by atoms with Crippen LogP contribution >= 0.6 is 0 Å². The first-order valence-corrected chi connectivity index (χ1v) is 8.96. The molecule has 2 unspecified atom stereocenters. The summed E-state index contributed by atoms with van der Waals surface area (Å²) in [7, 11) is -3.45. The lowest BCUT2D eigenvalue weighted by Crippen LogP contribution is -2.34. The van der Waals surface area contributed by atoms with Gasteiger partial charge in [0.25, 0.3) is 0 Å². The van der Waals surface area contributed by atoms with Crippen LogP contribution in [-0.4, -0.2) is 27.2 Å². The summed E-state index contributed by atoms with van der Waals surface area (Å²) in [6.45, 7) is 2.66. The number of hydrogen-bond acceptors (Lipinski definition) is 3. The fourth-order valence-electron chi connectivity index (χ4n) is 2.56. The number of ether oxygens (including phenoxy) is 1. The highest BCUT2D eigenvalue weighted by Crippen LogP contribution is 2.18. The van der Waals surface area contributed by atoms with Crippen LogP contribution in [0.2, 0.25) is 0 Å². The minimum atomic E-state index is -3.45. The van der Waals surface area contributed by atoms with Crippen molar-refractivity contribution in [1.29, 1.82) is 0 Å². The Morgan fingerprint density at radius 1 is 1.48 bits per heavy atom. The van der Waals surface area contributed by atoms with E-state index in [0.717, 1.165) is 32.3 Å². The summed E-state index contributed by atoms with van der Waals surface area (Å²) in [6.07, 6.45) is 4.02. The molecule has 1 fully saturated rings. The summed E-state index contributed by atoms with van der Waals surface area (Å²) in [6, 6.07) is 5.53. The van der Waals surface area contributed by atoms with Gasteiger partial charge in [-0.15, -0.1) is 0 Å². The zero-order chi connectivity index (χ0) is 15.3. The van der Waals surface area contributed by atoms with Gasteiger partial charge in [-0.25, -0.2) is 17.5 Å². The quantitative estimate of drug-likeness (QED) is 0.841. The first-order valence-electron chi connectivity index (χ1n) is 7.31. The minimum absolute atomic E-state index is 0.146. The van der Waals surface area contributed by atoms with Crippen molar-refractivity contribution in [2.75, 3.05) is 6.61 Å². The molecule has 0 saturated carbocycles. The Hall–Kier alpha value is -0.980. The van der Waals surface area contributed by atoms with E-state index in [1.54, 1.807) is 6.07 Å². The maximum atomic E-state index is 13.1. The van der Waals surface area contributed by atoms with E-state index in [9.17, 15) is 12.8 Å². The molecule has 0 aliphatic carbocycles. The Morgan fingerprint density at radius 2 is 2.29 bits per heavy atom. The molecule has 0 spiro atoms. The van der Waals surface area contributed by atoms with Crippen LogP contribution in [0.5, 0.6) is 0 Å². The van der Waals surface area contributed by atoms with E-state index >= 15 is 0 Å². The average molecular weight is 315 g/mol. The normalized spacial score (nSPS) is 20.6. The van der Waals surface area contributed by atoms with Crippen molar-refractivity contribution in [3.05, 3.63) is 35.6 Å². The molecule has 1 aliphatic rings. The molecular formula is C15H22FNO3S.